The fourth-order valence-corrected chi connectivity index (χ4v) is 5.30. The summed E-state index contributed by atoms with van der Waals surface area (Å²) in [7, 11) is -3.32. The molecule has 2 atom stereocenters. The van der Waals surface area contributed by atoms with Crippen LogP contribution in [0, 0.1) is 0 Å². The van der Waals surface area contributed by atoms with Gasteiger partial charge in [-0.25, -0.2) is 8.42 Å². The quantitative estimate of drug-likeness (QED) is 0.803. The van der Waals surface area contributed by atoms with Crippen molar-refractivity contribution in [1.29, 1.82) is 0 Å². The highest BCUT2D eigenvalue weighted by molar-refractivity contribution is 7.92. The van der Waals surface area contributed by atoms with E-state index in [9.17, 15) is 13.2 Å². The fourth-order valence-electron chi connectivity index (χ4n) is 4.03. The maximum atomic E-state index is 12.9. The summed E-state index contributed by atoms with van der Waals surface area (Å²) in [5.41, 5.74) is 1.82. The topological polar surface area (TPSA) is 66.9 Å². The third-order valence-electron chi connectivity index (χ3n) is 4.69. The minimum atomic E-state index is -3.32. The van der Waals surface area contributed by atoms with E-state index in [-0.39, 0.29) is 23.7 Å². The first kappa shape index (κ1) is 18.2. The molecule has 2 aliphatic heterocycles. The van der Waals surface area contributed by atoms with Crippen molar-refractivity contribution in [2.75, 3.05) is 23.7 Å². The predicted molar refractivity (Wildman–Crippen MR) is 97.5 cm³/mol. The third-order valence-corrected chi connectivity index (χ3v) is 5.96. The van der Waals surface area contributed by atoms with Gasteiger partial charge in [-0.15, -0.1) is 0 Å². The number of benzene rings is 1. The van der Waals surface area contributed by atoms with Crippen LogP contribution in [-0.4, -0.2) is 56.3 Å². The number of hydrogen-bond donors (Lipinski definition) is 0. The highest BCUT2D eigenvalue weighted by atomic mass is 32.2. The molecule has 0 aromatic heterocycles. The molecule has 1 fully saturated rings. The minimum Gasteiger partial charge on any atom is -0.369 e. The lowest BCUT2D eigenvalue weighted by molar-refractivity contribution is -0.118. The molecule has 0 aliphatic carbocycles. The number of anilines is 1. The van der Waals surface area contributed by atoms with E-state index < -0.39 is 10.0 Å². The van der Waals surface area contributed by atoms with Gasteiger partial charge in [0.25, 0.3) is 5.91 Å². The summed E-state index contributed by atoms with van der Waals surface area (Å²) < 4.78 is 31.3. The number of ether oxygens (including phenoxy) is 1. The molecule has 2 heterocycles. The fraction of sp³-hybridized carbons (Fsp3) is 0.611. The number of sulfonamides is 1. The molecule has 1 aromatic carbocycles. The van der Waals surface area contributed by atoms with Crippen LogP contribution in [0.25, 0.3) is 0 Å². The molecule has 3 rings (SSSR count). The molecule has 6 nitrogen and oxygen atoms in total. The van der Waals surface area contributed by atoms with Crippen molar-refractivity contribution in [1.82, 2.24) is 4.90 Å². The average Bonchev–Trinajstić information content (AvgIpc) is 2.78. The number of amides is 1. The van der Waals surface area contributed by atoms with Crippen molar-refractivity contribution in [3.8, 4) is 0 Å². The second kappa shape index (κ2) is 5.99. The van der Waals surface area contributed by atoms with Gasteiger partial charge in [0.2, 0.25) is 10.0 Å². The summed E-state index contributed by atoms with van der Waals surface area (Å²) in [6, 6.07) is 5.19. The molecule has 0 bridgehead atoms. The summed E-state index contributed by atoms with van der Waals surface area (Å²) in [5.74, 6) is -0.0310. The van der Waals surface area contributed by atoms with Crippen molar-refractivity contribution >= 4 is 21.6 Å². The summed E-state index contributed by atoms with van der Waals surface area (Å²) in [6.07, 6.45) is 1.83. The van der Waals surface area contributed by atoms with Crippen LogP contribution in [0.5, 0.6) is 0 Å². The molecule has 0 radical (unpaired) electrons. The largest absolute Gasteiger partial charge is 0.369 e. The lowest BCUT2D eigenvalue weighted by Gasteiger charge is -2.41. The van der Waals surface area contributed by atoms with Crippen LogP contribution in [0.3, 0.4) is 0 Å². The molecule has 1 aromatic rings. The van der Waals surface area contributed by atoms with Gasteiger partial charge < -0.3 is 9.64 Å². The number of fused-ring (bicyclic) bond motifs is 1. The lowest BCUT2D eigenvalue weighted by Crippen LogP contribution is -2.53. The number of carbonyl (C=O) groups excluding carboxylic acids is 1. The van der Waals surface area contributed by atoms with Gasteiger partial charge in [0.15, 0.2) is 0 Å². The van der Waals surface area contributed by atoms with Crippen molar-refractivity contribution in [2.24, 2.45) is 0 Å². The van der Waals surface area contributed by atoms with E-state index >= 15 is 0 Å². The standard InChI is InChI=1S/C18H26N2O4S/c1-12-8-15-9-14(6-7-16(15)20(12)25(5,22)23)17(21)19-10-13(2)24-18(3,4)11-19/h6-7,9,12-13H,8,10-11H2,1-5H3. The van der Waals surface area contributed by atoms with Crippen LogP contribution < -0.4 is 4.31 Å². The highest BCUT2D eigenvalue weighted by Gasteiger charge is 2.36. The first-order valence-corrected chi connectivity index (χ1v) is 10.4. The van der Waals surface area contributed by atoms with E-state index in [0.29, 0.717) is 30.8 Å². The van der Waals surface area contributed by atoms with Crippen molar-refractivity contribution in [3.05, 3.63) is 29.3 Å². The Morgan fingerprint density at radius 3 is 2.56 bits per heavy atom. The van der Waals surface area contributed by atoms with Crippen LogP contribution in [-0.2, 0) is 21.2 Å². The smallest absolute Gasteiger partial charge is 0.254 e. The molecule has 2 aliphatic rings. The second-order valence-electron chi connectivity index (χ2n) is 7.83. The van der Waals surface area contributed by atoms with Crippen LogP contribution in [0.4, 0.5) is 5.69 Å². The van der Waals surface area contributed by atoms with E-state index in [1.165, 1.54) is 10.6 Å². The molecule has 25 heavy (non-hydrogen) atoms. The zero-order valence-electron chi connectivity index (χ0n) is 15.4. The molecule has 0 N–H and O–H groups in total. The summed E-state index contributed by atoms with van der Waals surface area (Å²) in [5, 5.41) is 0. The Hall–Kier alpha value is -1.60. The van der Waals surface area contributed by atoms with Crippen LogP contribution >= 0.6 is 0 Å². The van der Waals surface area contributed by atoms with Gasteiger partial charge in [-0.3, -0.25) is 9.10 Å². The van der Waals surface area contributed by atoms with E-state index in [4.69, 9.17) is 4.74 Å². The first-order valence-electron chi connectivity index (χ1n) is 8.57. The number of morpholine rings is 1. The summed E-state index contributed by atoms with van der Waals surface area (Å²) >= 11 is 0. The van der Waals surface area contributed by atoms with Crippen LogP contribution in [0.2, 0.25) is 0 Å². The van der Waals surface area contributed by atoms with Crippen LogP contribution in [0.15, 0.2) is 18.2 Å². The molecule has 1 amide bonds. The Balaban J connectivity index is 1.88. The van der Waals surface area contributed by atoms with Gasteiger partial charge in [0.05, 0.1) is 23.6 Å². The maximum Gasteiger partial charge on any atom is 0.254 e. The van der Waals surface area contributed by atoms with E-state index in [0.717, 1.165) is 5.56 Å². The minimum absolute atomic E-state index is 0.0112. The number of nitrogens with zero attached hydrogens (tertiary/aromatic N) is 2. The van der Waals surface area contributed by atoms with Gasteiger partial charge in [-0.05, 0) is 57.9 Å². The third kappa shape index (κ3) is 3.53. The normalized spacial score (nSPS) is 25.8. The van der Waals surface area contributed by atoms with Gasteiger partial charge in [-0.2, -0.15) is 0 Å². The highest BCUT2D eigenvalue weighted by Crippen LogP contribution is 2.35. The van der Waals surface area contributed by atoms with Gasteiger partial charge in [-0.1, -0.05) is 0 Å². The van der Waals surface area contributed by atoms with Crippen molar-refractivity contribution < 1.29 is 17.9 Å². The maximum absolute atomic E-state index is 12.9. The monoisotopic (exact) mass is 366 g/mol. The Morgan fingerprint density at radius 2 is 1.96 bits per heavy atom. The zero-order valence-corrected chi connectivity index (χ0v) is 16.3. The average molecular weight is 366 g/mol. The number of rotatable bonds is 2. The Morgan fingerprint density at radius 1 is 1.28 bits per heavy atom. The zero-order chi connectivity index (χ0) is 18.6. The molecule has 138 valence electrons. The van der Waals surface area contributed by atoms with Crippen molar-refractivity contribution in [2.45, 2.75) is 51.9 Å². The molecule has 0 spiro atoms. The number of carbonyl (C=O) groups is 1. The van der Waals surface area contributed by atoms with E-state index in [2.05, 4.69) is 0 Å². The van der Waals surface area contributed by atoms with Crippen molar-refractivity contribution in [3.63, 3.8) is 0 Å². The molecular weight excluding hydrogens is 340 g/mol. The Kier molecular flexibility index (Phi) is 4.36. The van der Waals surface area contributed by atoms with Gasteiger partial charge in [0, 0.05) is 24.7 Å². The van der Waals surface area contributed by atoms with E-state index in [1.807, 2.05) is 38.7 Å². The molecule has 1 saturated heterocycles. The lowest BCUT2D eigenvalue weighted by atomic mass is 10.0. The molecule has 7 heteroatoms. The molecular formula is C18H26N2O4S. The predicted octanol–water partition coefficient (Wildman–Crippen LogP) is 2.04. The second-order valence-corrected chi connectivity index (χ2v) is 9.69. The van der Waals surface area contributed by atoms with Gasteiger partial charge >= 0.3 is 0 Å². The first-order chi connectivity index (χ1) is 11.5. The Bertz CT molecular complexity index is 803. The summed E-state index contributed by atoms with van der Waals surface area (Å²) in [6.45, 7) is 8.92. The summed E-state index contributed by atoms with van der Waals surface area (Å²) in [4.78, 5) is 14.8. The van der Waals surface area contributed by atoms with E-state index in [1.54, 1.807) is 12.1 Å². The molecule has 2 unspecified atom stereocenters. The SMILES string of the molecule is CC1CN(C(=O)c2ccc3c(c2)CC(C)N3S(C)(=O)=O)CC(C)(C)O1. The number of hydrogen-bond acceptors (Lipinski definition) is 4. The van der Waals surface area contributed by atoms with Crippen LogP contribution in [0.1, 0.15) is 43.6 Å². The van der Waals surface area contributed by atoms with Gasteiger partial charge in [0.1, 0.15) is 0 Å². The molecule has 0 saturated carbocycles. The Labute approximate surface area is 149 Å².